The quantitative estimate of drug-likeness (QED) is 0.350. The van der Waals surface area contributed by atoms with Gasteiger partial charge in [-0.3, -0.25) is 0 Å². The molecule has 56 valence electrons. The molecule has 0 amide bonds. The van der Waals surface area contributed by atoms with Crippen LogP contribution in [0.25, 0.3) is 10.4 Å². The van der Waals surface area contributed by atoms with E-state index in [1.165, 1.54) is 12.8 Å². The van der Waals surface area contributed by atoms with Crippen molar-refractivity contribution >= 4 is 0 Å². The van der Waals surface area contributed by atoms with Crippen molar-refractivity contribution in [1.82, 2.24) is 5.32 Å². The van der Waals surface area contributed by atoms with E-state index in [1.54, 1.807) is 0 Å². The first-order valence-electron chi connectivity index (χ1n) is 3.65. The van der Waals surface area contributed by atoms with E-state index in [0.29, 0.717) is 12.5 Å². The molecule has 0 unspecified atom stereocenters. The summed E-state index contributed by atoms with van der Waals surface area (Å²) in [5, 5.41) is 6.80. The van der Waals surface area contributed by atoms with Gasteiger partial charge in [0.05, 0.1) is 0 Å². The molecule has 0 aromatic heterocycles. The first kappa shape index (κ1) is 7.38. The molecule has 1 aliphatic rings. The summed E-state index contributed by atoms with van der Waals surface area (Å²) < 4.78 is 0. The Bertz CT molecular complexity index is 133. The molecule has 1 aliphatic heterocycles. The minimum Gasteiger partial charge on any atom is -0.316 e. The topological polar surface area (TPSA) is 60.8 Å². The summed E-state index contributed by atoms with van der Waals surface area (Å²) in [6, 6.07) is 0. The van der Waals surface area contributed by atoms with Gasteiger partial charge in [0.1, 0.15) is 0 Å². The fourth-order valence-electron chi connectivity index (χ4n) is 1.23. The van der Waals surface area contributed by atoms with Gasteiger partial charge in [0.2, 0.25) is 0 Å². The standard InChI is InChI=1S/C6H12N4/c7-10-9-5-6-2-1-3-8-4-6/h6,8H,1-5H2/t6-/m1/s1. The highest BCUT2D eigenvalue weighted by atomic mass is 15.1. The maximum absolute atomic E-state index is 8.03. The van der Waals surface area contributed by atoms with Crippen molar-refractivity contribution in [2.75, 3.05) is 19.6 Å². The van der Waals surface area contributed by atoms with Gasteiger partial charge < -0.3 is 5.32 Å². The fraction of sp³-hybridized carbons (Fsp3) is 1.00. The van der Waals surface area contributed by atoms with Crippen LogP contribution < -0.4 is 5.32 Å². The van der Waals surface area contributed by atoms with E-state index in [2.05, 4.69) is 15.3 Å². The maximum Gasteiger partial charge on any atom is 0.0298 e. The molecule has 0 aromatic rings. The highest BCUT2D eigenvalue weighted by Crippen LogP contribution is 2.09. The summed E-state index contributed by atoms with van der Waals surface area (Å²) in [6.07, 6.45) is 2.41. The number of azide groups is 1. The second-order valence-electron chi connectivity index (χ2n) is 2.63. The Morgan fingerprint density at radius 2 is 2.60 bits per heavy atom. The molecular formula is C6H12N4. The van der Waals surface area contributed by atoms with Gasteiger partial charge in [-0.2, -0.15) is 0 Å². The minimum atomic E-state index is 0.574. The normalized spacial score (nSPS) is 25.4. The van der Waals surface area contributed by atoms with Crippen molar-refractivity contribution < 1.29 is 0 Å². The first-order chi connectivity index (χ1) is 4.93. The molecule has 1 heterocycles. The van der Waals surface area contributed by atoms with Crippen LogP contribution in [0.15, 0.2) is 5.11 Å². The molecule has 10 heavy (non-hydrogen) atoms. The van der Waals surface area contributed by atoms with Crippen molar-refractivity contribution in [3.8, 4) is 0 Å². The second-order valence-corrected chi connectivity index (χ2v) is 2.63. The van der Waals surface area contributed by atoms with Crippen molar-refractivity contribution in [3.05, 3.63) is 10.4 Å². The van der Waals surface area contributed by atoms with Gasteiger partial charge in [0.25, 0.3) is 0 Å². The van der Waals surface area contributed by atoms with Gasteiger partial charge >= 0.3 is 0 Å². The van der Waals surface area contributed by atoms with Gasteiger partial charge in [-0.25, -0.2) is 0 Å². The molecule has 4 heteroatoms. The number of nitrogens with one attached hydrogen (secondary N) is 1. The zero-order chi connectivity index (χ0) is 7.23. The van der Waals surface area contributed by atoms with Crippen LogP contribution >= 0.6 is 0 Å². The van der Waals surface area contributed by atoms with Crippen LogP contribution in [0, 0.1) is 5.92 Å². The van der Waals surface area contributed by atoms with Crippen LogP contribution in [0.3, 0.4) is 0 Å². The SMILES string of the molecule is [N-]=[N+]=NC[C@@H]1CCCNC1. The average molecular weight is 140 g/mol. The molecule has 0 aliphatic carbocycles. The second kappa shape index (κ2) is 4.14. The van der Waals surface area contributed by atoms with Crippen LogP contribution in [0.2, 0.25) is 0 Å². The lowest BCUT2D eigenvalue weighted by atomic mass is 10.0. The molecule has 1 atom stereocenters. The average Bonchev–Trinajstić information content (AvgIpc) is 2.03. The van der Waals surface area contributed by atoms with Crippen LogP contribution in [-0.4, -0.2) is 19.6 Å². The highest BCUT2D eigenvalue weighted by molar-refractivity contribution is 4.70. The maximum atomic E-state index is 8.03. The minimum absolute atomic E-state index is 0.574. The molecule has 4 nitrogen and oxygen atoms in total. The molecule has 1 rings (SSSR count). The summed E-state index contributed by atoms with van der Waals surface area (Å²) in [5.74, 6) is 0.574. The third kappa shape index (κ3) is 2.25. The third-order valence-electron chi connectivity index (χ3n) is 1.80. The number of piperidine rings is 1. The highest BCUT2D eigenvalue weighted by Gasteiger charge is 2.10. The molecule has 0 saturated carbocycles. The summed E-state index contributed by atoms with van der Waals surface area (Å²) in [5.41, 5.74) is 8.03. The van der Waals surface area contributed by atoms with E-state index in [1.807, 2.05) is 0 Å². The predicted molar refractivity (Wildman–Crippen MR) is 39.6 cm³/mol. The molecular weight excluding hydrogens is 128 g/mol. The van der Waals surface area contributed by atoms with Gasteiger partial charge in [0, 0.05) is 11.5 Å². The van der Waals surface area contributed by atoms with Crippen LogP contribution in [-0.2, 0) is 0 Å². The van der Waals surface area contributed by atoms with Gasteiger partial charge in [-0.1, -0.05) is 5.11 Å². The molecule has 0 radical (unpaired) electrons. The Morgan fingerprint density at radius 1 is 1.70 bits per heavy atom. The van der Waals surface area contributed by atoms with E-state index >= 15 is 0 Å². The Labute approximate surface area is 60.2 Å². The Hall–Kier alpha value is -0.730. The van der Waals surface area contributed by atoms with Crippen molar-refractivity contribution in [1.29, 1.82) is 0 Å². The smallest absolute Gasteiger partial charge is 0.0298 e. The number of rotatable bonds is 2. The van der Waals surface area contributed by atoms with E-state index in [-0.39, 0.29) is 0 Å². The lowest BCUT2D eigenvalue weighted by molar-refractivity contribution is 0.385. The fourth-order valence-corrected chi connectivity index (χ4v) is 1.23. The van der Waals surface area contributed by atoms with E-state index in [4.69, 9.17) is 5.53 Å². The number of hydrogen-bond acceptors (Lipinski definition) is 2. The van der Waals surface area contributed by atoms with Crippen LogP contribution in [0.5, 0.6) is 0 Å². The number of nitrogens with zero attached hydrogens (tertiary/aromatic N) is 3. The monoisotopic (exact) mass is 140 g/mol. The lowest BCUT2D eigenvalue weighted by Gasteiger charge is -2.20. The van der Waals surface area contributed by atoms with Crippen LogP contribution in [0.1, 0.15) is 12.8 Å². The van der Waals surface area contributed by atoms with Crippen molar-refractivity contribution in [2.45, 2.75) is 12.8 Å². The van der Waals surface area contributed by atoms with Crippen molar-refractivity contribution in [3.63, 3.8) is 0 Å². The number of hydrogen-bond donors (Lipinski definition) is 1. The Balaban J connectivity index is 2.19. The van der Waals surface area contributed by atoms with Gasteiger partial charge in [-0.05, 0) is 37.4 Å². The Kier molecular flexibility index (Phi) is 3.06. The molecule has 0 aromatic carbocycles. The van der Waals surface area contributed by atoms with Gasteiger partial charge in [-0.15, -0.1) is 0 Å². The zero-order valence-corrected chi connectivity index (χ0v) is 5.95. The molecule has 1 fully saturated rings. The summed E-state index contributed by atoms with van der Waals surface area (Å²) >= 11 is 0. The summed E-state index contributed by atoms with van der Waals surface area (Å²) in [4.78, 5) is 2.73. The molecule has 1 N–H and O–H groups in total. The van der Waals surface area contributed by atoms with Crippen LogP contribution in [0.4, 0.5) is 0 Å². The predicted octanol–water partition coefficient (Wildman–Crippen LogP) is 1.30. The first-order valence-corrected chi connectivity index (χ1v) is 3.65. The summed E-state index contributed by atoms with van der Waals surface area (Å²) in [7, 11) is 0. The summed E-state index contributed by atoms with van der Waals surface area (Å²) in [6.45, 7) is 2.79. The molecule has 0 spiro atoms. The van der Waals surface area contributed by atoms with Gasteiger partial charge in [0.15, 0.2) is 0 Å². The molecule has 0 bridgehead atoms. The van der Waals surface area contributed by atoms with E-state index in [0.717, 1.165) is 13.1 Å². The van der Waals surface area contributed by atoms with E-state index < -0.39 is 0 Å². The lowest BCUT2D eigenvalue weighted by Crippen LogP contribution is -2.31. The largest absolute Gasteiger partial charge is 0.316 e. The third-order valence-corrected chi connectivity index (χ3v) is 1.80. The molecule has 1 saturated heterocycles. The Morgan fingerprint density at radius 3 is 3.20 bits per heavy atom. The zero-order valence-electron chi connectivity index (χ0n) is 5.95. The van der Waals surface area contributed by atoms with E-state index in [9.17, 15) is 0 Å². The van der Waals surface area contributed by atoms with Crippen molar-refractivity contribution in [2.24, 2.45) is 11.0 Å².